The maximum Gasteiger partial charge on any atom is 0.407 e. The van der Waals surface area contributed by atoms with Crippen molar-refractivity contribution in [2.45, 2.75) is 167 Å². The van der Waals surface area contributed by atoms with Crippen LogP contribution in [0.4, 0.5) is 21.0 Å². The van der Waals surface area contributed by atoms with Crippen molar-refractivity contribution in [1.82, 2.24) is 64.7 Å². The SMILES string of the molecule is CC(=O)N(CC1COc2ccnn2C1)C(C)=O.CC(=O)NCC1COc2c(S(=O)(=O)NC(=O)Nc3c4c(cc5c3CCC5)CCC4)cnn2C1.CC(=O)NCC1COc2c(S(N)(=O)=O)cnn2C1.CC(C)(C)OC(=O)NCC1COc2ccnn2C1.Nc1c2c(cc3c1CCC3)CCC2. The first-order valence-corrected chi connectivity index (χ1v) is 36.5. The number of fused-ring (bicyclic) bond motifs is 8. The van der Waals surface area contributed by atoms with Gasteiger partial charge in [-0.3, -0.25) is 24.1 Å². The predicted octanol–water partition coefficient (Wildman–Crippen LogP) is 4.14. The quantitative estimate of drug-likeness (QED) is 0.0846. The largest absolute Gasteiger partial charge is 0.477 e. The molecule has 4 aliphatic heterocycles. The Morgan fingerprint density at radius 3 is 1.44 bits per heavy atom. The molecule has 14 rings (SSSR count). The zero-order valence-corrected chi connectivity index (χ0v) is 58.7. The normalized spacial score (nSPS) is 18.6. The van der Waals surface area contributed by atoms with Gasteiger partial charge in [-0.2, -0.15) is 20.4 Å². The minimum atomic E-state index is -4.19. The molecule has 31 nitrogen and oxygen atoms in total. The second kappa shape index (κ2) is 31.3. The van der Waals surface area contributed by atoms with Gasteiger partial charge in [0, 0.05) is 101 Å². The fraction of sp³-hybridized carbons (Fsp3) is 0.545. The van der Waals surface area contributed by atoms with Crippen molar-refractivity contribution in [2.75, 3.05) is 63.7 Å². The molecular weight excluding hydrogens is 1320 g/mol. The molecule has 536 valence electrons. The number of primary sulfonamides is 1. The van der Waals surface area contributed by atoms with E-state index in [0.717, 1.165) is 79.3 Å². The number of amides is 7. The van der Waals surface area contributed by atoms with Crippen LogP contribution in [0.25, 0.3) is 0 Å². The lowest BCUT2D eigenvalue weighted by Crippen LogP contribution is -2.41. The third-order valence-corrected chi connectivity index (χ3v) is 20.1. The van der Waals surface area contributed by atoms with Crippen LogP contribution < -0.4 is 55.8 Å². The number of hydrogen-bond acceptors (Lipinski definition) is 20. The van der Waals surface area contributed by atoms with Gasteiger partial charge in [0.15, 0.2) is 9.79 Å². The minimum Gasteiger partial charge on any atom is -0.477 e. The van der Waals surface area contributed by atoms with E-state index in [4.69, 9.17) is 34.6 Å². The van der Waals surface area contributed by atoms with Gasteiger partial charge in [0.25, 0.3) is 10.0 Å². The smallest absolute Gasteiger partial charge is 0.407 e. The van der Waals surface area contributed by atoms with Crippen molar-refractivity contribution in [2.24, 2.45) is 28.8 Å². The number of ether oxygens (including phenoxy) is 5. The molecule has 0 fully saturated rings. The van der Waals surface area contributed by atoms with E-state index in [1.165, 1.54) is 126 Å². The van der Waals surface area contributed by atoms with Crippen LogP contribution >= 0.6 is 0 Å². The van der Waals surface area contributed by atoms with Crippen molar-refractivity contribution >= 4 is 67.2 Å². The summed E-state index contributed by atoms with van der Waals surface area (Å²) >= 11 is 0. The maximum atomic E-state index is 13.0. The summed E-state index contributed by atoms with van der Waals surface area (Å²) in [4.78, 5) is 69.7. The van der Waals surface area contributed by atoms with Crippen molar-refractivity contribution in [3.63, 3.8) is 0 Å². The van der Waals surface area contributed by atoms with Crippen LogP contribution in [-0.4, -0.2) is 155 Å². The fourth-order valence-corrected chi connectivity index (χ4v) is 14.9. The highest BCUT2D eigenvalue weighted by molar-refractivity contribution is 7.90. The van der Waals surface area contributed by atoms with Crippen LogP contribution in [0.3, 0.4) is 0 Å². The van der Waals surface area contributed by atoms with Gasteiger partial charge >= 0.3 is 12.1 Å². The highest BCUT2D eigenvalue weighted by atomic mass is 32.2. The number of aryl methyl sites for hydroxylation is 4. The highest BCUT2D eigenvalue weighted by Gasteiger charge is 2.34. The van der Waals surface area contributed by atoms with Gasteiger partial charge in [0.1, 0.15) is 5.60 Å². The molecule has 4 unspecified atom stereocenters. The molecule has 0 radical (unpaired) electrons. The number of urea groups is 1. The first-order chi connectivity index (χ1) is 47.1. The topological polar surface area (TPSA) is 404 Å². The van der Waals surface area contributed by atoms with E-state index in [2.05, 4.69) is 58.5 Å². The maximum absolute atomic E-state index is 13.0. The number of carbonyl (C=O) groups excluding carboxylic acids is 6. The van der Waals surface area contributed by atoms with Crippen LogP contribution in [0, 0.1) is 23.7 Å². The number of alkyl carbamates (subject to hydrolysis) is 1. The zero-order chi connectivity index (χ0) is 70.9. The molecule has 9 N–H and O–H groups in total. The second-order valence-corrected chi connectivity index (χ2v) is 30.1. The zero-order valence-electron chi connectivity index (χ0n) is 57.0. The summed E-state index contributed by atoms with van der Waals surface area (Å²) in [5, 5.41) is 32.3. The first kappa shape index (κ1) is 72.5. The number of rotatable bonds is 12. The van der Waals surface area contributed by atoms with E-state index in [-0.39, 0.29) is 75.5 Å². The Kier molecular flexibility index (Phi) is 22.9. The first-order valence-electron chi connectivity index (χ1n) is 33.4. The second-order valence-electron chi connectivity index (χ2n) is 26.9. The number of benzene rings is 2. The van der Waals surface area contributed by atoms with Gasteiger partial charge in [0.2, 0.25) is 57.2 Å². The van der Waals surface area contributed by atoms with Crippen LogP contribution in [0.15, 0.2) is 58.8 Å². The molecule has 4 atom stereocenters. The fourth-order valence-electron chi connectivity index (χ4n) is 13.3. The molecular formula is C66H90N16O15S2. The summed E-state index contributed by atoms with van der Waals surface area (Å²) in [5.41, 5.74) is 18.4. The lowest BCUT2D eigenvalue weighted by Gasteiger charge is -2.28. The lowest BCUT2D eigenvalue weighted by molar-refractivity contribution is -0.143. The van der Waals surface area contributed by atoms with Gasteiger partial charge in [-0.05, 0) is 142 Å². The number of aromatic nitrogens is 8. The van der Waals surface area contributed by atoms with Crippen LogP contribution in [0.2, 0.25) is 0 Å². The molecule has 0 saturated heterocycles. The number of imide groups is 1. The van der Waals surface area contributed by atoms with Crippen molar-refractivity contribution in [1.29, 1.82) is 0 Å². The van der Waals surface area contributed by atoms with Crippen molar-refractivity contribution in [3.8, 4) is 23.5 Å². The summed E-state index contributed by atoms with van der Waals surface area (Å²) in [6.07, 6.45) is 18.7. The molecule has 8 heterocycles. The van der Waals surface area contributed by atoms with Gasteiger partial charge in [-0.25, -0.2) is 55.0 Å². The average Bonchev–Trinajstić information content (AvgIpc) is 1.68. The van der Waals surface area contributed by atoms with Crippen LogP contribution in [0.5, 0.6) is 23.5 Å². The Morgan fingerprint density at radius 1 is 0.566 bits per heavy atom. The van der Waals surface area contributed by atoms with Gasteiger partial charge in [0.05, 0.1) is 77.4 Å². The van der Waals surface area contributed by atoms with E-state index in [1.54, 1.807) is 27.8 Å². The van der Waals surface area contributed by atoms with E-state index in [0.29, 0.717) is 65.6 Å². The molecule has 8 aliphatic rings. The molecule has 2 aromatic carbocycles. The van der Waals surface area contributed by atoms with Gasteiger partial charge < -0.3 is 50.7 Å². The van der Waals surface area contributed by atoms with Crippen LogP contribution in [0.1, 0.15) is 119 Å². The predicted molar refractivity (Wildman–Crippen MR) is 361 cm³/mol. The summed E-state index contributed by atoms with van der Waals surface area (Å²) in [5.74, 6) is 1.37. The van der Waals surface area contributed by atoms with E-state index in [9.17, 15) is 45.6 Å². The van der Waals surface area contributed by atoms with Gasteiger partial charge in [-0.15, -0.1) is 0 Å². The Balaban J connectivity index is 0.000000140. The summed E-state index contributed by atoms with van der Waals surface area (Å²) in [7, 11) is -8.01. The summed E-state index contributed by atoms with van der Waals surface area (Å²) in [6.45, 7) is 16.9. The third-order valence-electron chi connectivity index (χ3n) is 17.9. The molecule has 4 aromatic heterocycles. The molecule has 7 amide bonds. The number of anilines is 2. The van der Waals surface area contributed by atoms with Crippen molar-refractivity contribution < 1.29 is 69.3 Å². The molecule has 0 saturated carbocycles. The highest BCUT2D eigenvalue weighted by Crippen LogP contribution is 2.40. The van der Waals surface area contributed by atoms with E-state index >= 15 is 0 Å². The molecule has 0 bridgehead atoms. The number of nitrogens with two attached hydrogens (primary N) is 2. The molecule has 6 aromatic rings. The average molecular weight is 1410 g/mol. The van der Waals surface area contributed by atoms with Crippen LogP contribution in [-0.2, 0) is 122 Å². The third kappa shape index (κ3) is 18.6. The Hall–Kier alpha value is -9.24. The minimum absolute atomic E-state index is 0.0321. The molecule has 4 aliphatic carbocycles. The Morgan fingerprint density at radius 2 is 0.980 bits per heavy atom. The van der Waals surface area contributed by atoms with E-state index in [1.807, 2.05) is 26.8 Å². The number of nitrogens with one attached hydrogen (secondary N) is 5. The molecule has 99 heavy (non-hydrogen) atoms. The number of nitrogens with zero attached hydrogens (tertiary/aromatic N) is 9. The number of carbonyl (C=O) groups is 6. The van der Waals surface area contributed by atoms with Gasteiger partial charge in [-0.1, -0.05) is 12.1 Å². The van der Waals surface area contributed by atoms with Crippen molar-refractivity contribution in [3.05, 3.63) is 93.6 Å². The lowest BCUT2D eigenvalue weighted by atomic mass is 9.99. The number of nitrogen functional groups attached to an aromatic ring is 1. The number of sulfonamides is 2. The Bertz CT molecular complexity index is 4130. The summed E-state index contributed by atoms with van der Waals surface area (Å²) in [6, 6.07) is 7.51. The van der Waals surface area contributed by atoms with E-state index < -0.39 is 37.8 Å². The molecule has 0 spiro atoms. The monoisotopic (exact) mass is 1410 g/mol. The number of hydrogen-bond donors (Lipinski definition) is 7. The molecule has 33 heteroatoms. The Labute approximate surface area is 575 Å². The standard InChI is InChI=1S/C22H27N5O5S.C12H19N3O3.C12H15N.C11H15N3O3.C9H14N4O4S/c1-13(28)23-9-14-11-27-21(32-12-14)19(10-24-27)33(30,31)26-22(29)25-20-17-6-2-4-15(17)8-16-5-3-7-18(16)20;1-12(2,3)18-11(16)13-6-9-7-15-10(17-8-9)4-5-14-15;13-12-10-5-1-3-8(10)7-9-4-2-6-11(9)12;1-8(15)13(9(2)16)5-10-6-14-11(17-7-10)3-4-12-14;1-6(14)11-2-7-4-13-9(17-5-7)8(3-12-13)18(10,15)16/h8,10,14H,2-7,9,11-12H2,1H3,(H,23,28)(H2,25,26,29);4-5,9H,6-8H2,1-3H3,(H,13,16);7H,1-6,13H2;3-4,10H,5-7H2,1-2H3;3,7H,2,4-5H2,1H3,(H,11,14)(H2,10,15,16). The summed E-state index contributed by atoms with van der Waals surface area (Å²) < 4.78 is 84.2.